The van der Waals surface area contributed by atoms with E-state index in [1.165, 1.54) is 0 Å². The molecule has 2 bridgehead atoms. The minimum atomic E-state index is -0.987. The molecular weight excluding hydrogens is 252 g/mol. The molecule has 3 aliphatic rings. The lowest BCUT2D eigenvalue weighted by Crippen LogP contribution is -2.53. The molecule has 19 heavy (non-hydrogen) atoms. The average Bonchev–Trinajstić information content (AvgIpc) is 2.99. The summed E-state index contributed by atoms with van der Waals surface area (Å²) in [5.41, 5.74) is 2.77. The van der Waals surface area contributed by atoms with E-state index in [1.807, 2.05) is 0 Å². The van der Waals surface area contributed by atoms with Crippen molar-refractivity contribution in [3.8, 4) is 0 Å². The number of nitrogens with one attached hydrogen (secondary N) is 1. The van der Waals surface area contributed by atoms with Gasteiger partial charge in [-0.15, -0.1) is 0 Å². The van der Waals surface area contributed by atoms with Gasteiger partial charge in [-0.05, 0) is 0 Å². The third kappa shape index (κ3) is 2.24. The zero-order chi connectivity index (χ0) is 13.4. The number of hydrogen-bond donors (Lipinski definition) is 2. The predicted molar refractivity (Wildman–Crippen MR) is 63.0 cm³/mol. The Balaban J connectivity index is 1.68. The molecule has 0 aliphatic carbocycles. The van der Waals surface area contributed by atoms with Gasteiger partial charge < -0.3 is 14.6 Å². The van der Waals surface area contributed by atoms with Crippen molar-refractivity contribution >= 4 is 11.9 Å². The second kappa shape index (κ2) is 4.92. The van der Waals surface area contributed by atoms with Gasteiger partial charge in [0.2, 0.25) is 5.91 Å². The summed E-state index contributed by atoms with van der Waals surface area (Å²) in [7, 11) is 0. The summed E-state index contributed by atoms with van der Waals surface area (Å²) in [6, 6.07) is 0. The van der Waals surface area contributed by atoms with E-state index in [-0.39, 0.29) is 5.91 Å². The summed E-state index contributed by atoms with van der Waals surface area (Å²) in [5.74, 6) is -2.73. The Morgan fingerprint density at radius 2 is 1.79 bits per heavy atom. The number of ether oxygens (including phenoxy) is 2. The third-order valence-corrected chi connectivity index (χ3v) is 3.77. The molecule has 0 aromatic rings. The standard InChI is InChI=1S/C12H16N2O5/c15-11(13-14-3-5-18-6-4-14)9-7-1-2-8(19-7)10(9)12(16)17/h1-2,7-10H,3-6H2,(H,13,15)(H,16,17)/t7-,8-,9-,10+/m1/s1. The van der Waals surface area contributed by atoms with E-state index in [0.29, 0.717) is 26.3 Å². The van der Waals surface area contributed by atoms with Gasteiger partial charge in [0.25, 0.3) is 0 Å². The van der Waals surface area contributed by atoms with Crippen molar-refractivity contribution in [3.63, 3.8) is 0 Å². The zero-order valence-electron chi connectivity index (χ0n) is 10.3. The molecule has 3 heterocycles. The van der Waals surface area contributed by atoms with Gasteiger partial charge in [-0.3, -0.25) is 15.0 Å². The first-order chi connectivity index (χ1) is 9.16. The number of carboxylic acid groups (broad SMARTS) is 1. The molecule has 1 amide bonds. The Kier molecular flexibility index (Phi) is 3.26. The number of carboxylic acids is 1. The van der Waals surface area contributed by atoms with Gasteiger partial charge in [-0.2, -0.15) is 0 Å². The molecule has 3 aliphatic heterocycles. The smallest absolute Gasteiger partial charge is 0.310 e. The van der Waals surface area contributed by atoms with Gasteiger partial charge in [0, 0.05) is 13.1 Å². The van der Waals surface area contributed by atoms with Crippen molar-refractivity contribution in [3.05, 3.63) is 12.2 Å². The number of amides is 1. The fraction of sp³-hybridized carbons (Fsp3) is 0.667. The lowest BCUT2D eigenvalue weighted by Gasteiger charge is -2.29. The van der Waals surface area contributed by atoms with Crippen LogP contribution < -0.4 is 5.43 Å². The number of carbonyl (C=O) groups is 2. The topological polar surface area (TPSA) is 88.1 Å². The number of carbonyl (C=O) groups excluding carboxylic acids is 1. The fourth-order valence-corrected chi connectivity index (χ4v) is 2.82. The van der Waals surface area contributed by atoms with E-state index in [0.717, 1.165) is 0 Å². The lowest BCUT2D eigenvalue weighted by molar-refractivity contribution is -0.148. The zero-order valence-corrected chi connectivity index (χ0v) is 10.3. The van der Waals surface area contributed by atoms with E-state index >= 15 is 0 Å². The van der Waals surface area contributed by atoms with Crippen molar-refractivity contribution in [2.75, 3.05) is 26.3 Å². The predicted octanol–water partition coefficient (Wildman–Crippen LogP) is -0.996. The van der Waals surface area contributed by atoms with E-state index in [1.54, 1.807) is 17.2 Å². The van der Waals surface area contributed by atoms with Gasteiger partial charge in [0.05, 0.1) is 31.3 Å². The van der Waals surface area contributed by atoms with Gasteiger partial charge in [-0.1, -0.05) is 12.2 Å². The Morgan fingerprint density at radius 3 is 2.42 bits per heavy atom. The monoisotopic (exact) mass is 268 g/mol. The van der Waals surface area contributed by atoms with Crippen molar-refractivity contribution in [2.45, 2.75) is 12.2 Å². The van der Waals surface area contributed by atoms with Crippen LogP contribution in [0.1, 0.15) is 0 Å². The van der Waals surface area contributed by atoms with Gasteiger partial charge >= 0.3 is 5.97 Å². The first-order valence-electron chi connectivity index (χ1n) is 6.36. The fourth-order valence-electron chi connectivity index (χ4n) is 2.82. The van der Waals surface area contributed by atoms with Crippen LogP contribution in [0, 0.1) is 11.8 Å². The quantitative estimate of drug-likeness (QED) is 0.639. The molecular formula is C12H16N2O5. The van der Waals surface area contributed by atoms with E-state index < -0.39 is 30.0 Å². The molecule has 0 spiro atoms. The van der Waals surface area contributed by atoms with Crippen LogP contribution in [0.2, 0.25) is 0 Å². The molecule has 0 radical (unpaired) electrons. The number of hydrogen-bond acceptors (Lipinski definition) is 5. The molecule has 0 aromatic heterocycles. The van der Waals surface area contributed by atoms with Crippen LogP contribution in [-0.2, 0) is 19.1 Å². The average molecular weight is 268 g/mol. The van der Waals surface area contributed by atoms with Gasteiger partial charge in [0.15, 0.2) is 0 Å². The minimum Gasteiger partial charge on any atom is -0.481 e. The van der Waals surface area contributed by atoms with Crippen LogP contribution in [0.5, 0.6) is 0 Å². The van der Waals surface area contributed by atoms with Gasteiger partial charge in [-0.25, -0.2) is 5.01 Å². The van der Waals surface area contributed by atoms with Crippen LogP contribution in [-0.4, -0.2) is 60.5 Å². The molecule has 4 atom stereocenters. The van der Waals surface area contributed by atoms with Crippen molar-refractivity contribution in [1.29, 1.82) is 0 Å². The van der Waals surface area contributed by atoms with Crippen molar-refractivity contribution in [2.24, 2.45) is 11.8 Å². The molecule has 0 aromatic carbocycles. The minimum absolute atomic E-state index is 0.286. The van der Waals surface area contributed by atoms with E-state index in [4.69, 9.17) is 9.47 Å². The Hall–Kier alpha value is -1.44. The van der Waals surface area contributed by atoms with Crippen LogP contribution in [0.25, 0.3) is 0 Å². The van der Waals surface area contributed by atoms with Crippen LogP contribution >= 0.6 is 0 Å². The van der Waals surface area contributed by atoms with E-state index in [9.17, 15) is 14.7 Å². The molecule has 2 N–H and O–H groups in total. The van der Waals surface area contributed by atoms with Crippen LogP contribution in [0.3, 0.4) is 0 Å². The summed E-state index contributed by atoms with van der Waals surface area (Å²) in [6.45, 7) is 2.35. The second-order valence-electron chi connectivity index (χ2n) is 4.92. The molecule has 7 nitrogen and oxygen atoms in total. The molecule has 104 valence electrons. The molecule has 0 saturated carbocycles. The maximum absolute atomic E-state index is 12.2. The summed E-state index contributed by atoms with van der Waals surface area (Å²) < 4.78 is 10.7. The van der Waals surface area contributed by atoms with Crippen molar-refractivity contribution in [1.82, 2.24) is 10.4 Å². The summed E-state index contributed by atoms with van der Waals surface area (Å²) >= 11 is 0. The second-order valence-corrected chi connectivity index (χ2v) is 4.92. The first-order valence-corrected chi connectivity index (χ1v) is 6.36. The van der Waals surface area contributed by atoms with Crippen LogP contribution in [0.15, 0.2) is 12.2 Å². The number of fused-ring (bicyclic) bond motifs is 2. The highest BCUT2D eigenvalue weighted by Crippen LogP contribution is 2.39. The maximum atomic E-state index is 12.2. The number of hydrazine groups is 1. The number of rotatable bonds is 3. The SMILES string of the molecule is O=C(O)[C@@H]1[C@H](C(=O)NN2CCOCC2)[C@H]2C=C[C@H]1O2. The normalized spacial score (nSPS) is 37.5. The highest BCUT2D eigenvalue weighted by molar-refractivity contribution is 5.87. The van der Waals surface area contributed by atoms with Crippen molar-refractivity contribution < 1.29 is 24.2 Å². The molecule has 7 heteroatoms. The van der Waals surface area contributed by atoms with E-state index in [2.05, 4.69) is 5.43 Å². The molecule has 3 rings (SSSR count). The third-order valence-electron chi connectivity index (χ3n) is 3.77. The summed E-state index contributed by atoms with van der Waals surface area (Å²) in [4.78, 5) is 23.5. The molecule has 0 unspecified atom stereocenters. The summed E-state index contributed by atoms with van der Waals surface area (Å²) in [6.07, 6.45) is 2.59. The number of aliphatic carboxylic acids is 1. The molecule has 2 fully saturated rings. The Labute approximate surface area is 110 Å². The maximum Gasteiger partial charge on any atom is 0.310 e. The first kappa shape index (κ1) is 12.6. The number of nitrogens with zero attached hydrogens (tertiary/aromatic N) is 1. The van der Waals surface area contributed by atoms with Crippen LogP contribution in [0.4, 0.5) is 0 Å². The highest BCUT2D eigenvalue weighted by atomic mass is 16.5. The largest absolute Gasteiger partial charge is 0.481 e. The lowest BCUT2D eigenvalue weighted by atomic mass is 9.82. The Morgan fingerprint density at radius 1 is 1.16 bits per heavy atom. The highest BCUT2D eigenvalue weighted by Gasteiger charge is 2.53. The number of morpholine rings is 1. The Bertz CT molecular complexity index is 418. The molecule has 2 saturated heterocycles. The summed E-state index contributed by atoms with van der Waals surface area (Å²) in [5, 5.41) is 11.0. The van der Waals surface area contributed by atoms with Gasteiger partial charge in [0.1, 0.15) is 5.92 Å².